The van der Waals surface area contributed by atoms with Crippen molar-refractivity contribution in [1.82, 2.24) is 4.98 Å². The number of hydrogen-bond acceptors (Lipinski definition) is 0. The van der Waals surface area contributed by atoms with Crippen LogP contribution in [0.1, 0.15) is 25.3 Å². The summed E-state index contributed by atoms with van der Waals surface area (Å²) in [5.41, 5.74) is 3.78. The summed E-state index contributed by atoms with van der Waals surface area (Å²) in [5, 5.41) is 0. The number of pyridine rings is 1. The summed E-state index contributed by atoms with van der Waals surface area (Å²) in [4.78, 5) is 3.38. The topological polar surface area (TPSA) is 15.8 Å². The molecule has 0 aliphatic heterocycles. The van der Waals surface area contributed by atoms with E-state index in [1.165, 1.54) is 33.7 Å². The predicted molar refractivity (Wildman–Crippen MR) is 68.1 cm³/mol. The molecule has 1 nitrogen and oxygen atoms in total. The first-order valence-corrected chi connectivity index (χ1v) is 6.72. The van der Waals surface area contributed by atoms with Gasteiger partial charge in [-0.05, 0) is 0 Å². The van der Waals surface area contributed by atoms with Gasteiger partial charge in [-0.15, -0.1) is 0 Å². The molecule has 0 aliphatic rings. The van der Waals surface area contributed by atoms with E-state index in [4.69, 9.17) is 0 Å². The molecule has 88 valence electrons. The van der Waals surface area contributed by atoms with E-state index in [-0.39, 0.29) is 0 Å². The van der Waals surface area contributed by atoms with Gasteiger partial charge >= 0.3 is 110 Å². The van der Waals surface area contributed by atoms with Gasteiger partial charge in [0.05, 0.1) is 0 Å². The van der Waals surface area contributed by atoms with Gasteiger partial charge in [-0.2, -0.15) is 0 Å². The Labute approximate surface area is 110 Å². The molecule has 17 heavy (non-hydrogen) atoms. The van der Waals surface area contributed by atoms with Crippen LogP contribution in [-0.2, 0) is 22.3 Å². The molecular weight excluding hydrogens is 246 g/mol. The Morgan fingerprint density at radius 3 is 2.59 bits per heavy atom. The van der Waals surface area contributed by atoms with Gasteiger partial charge in [0.15, 0.2) is 0 Å². The zero-order valence-corrected chi connectivity index (χ0v) is 11.3. The average molecular weight is 263 g/mol. The van der Waals surface area contributed by atoms with E-state index in [9.17, 15) is 0 Å². The summed E-state index contributed by atoms with van der Waals surface area (Å²) in [6, 6.07) is 12.6. The predicted octanol–water partition coefficient (Wildman–Crippen LogP) is 4.10. The molecular formula is C15H17CrN. The summed E-state index contributed by atoms with van der Waals surface area (Å²) < 4.78 is 1.26. The van der Waals surface area contributed by atoms with Crippen molar-refractivity contribution in [3.05, 3.63) is 52.2 Å². The van der Waals surface area contributed by atoms with E-state index in [0.29, 0.717) is 0 Å². The number of hydrogen-bond donors (Lipinski definition) is 1. The maximum absolute atomic E-state index is 3.38. The number of aryl methyl sites for hydroxylation is 1. The van der Waals surface area contributed by atoms with Crippen molar-refractivity contribution in [2.45, 2.75) is 26.2 Å². The molecule has 2 aromatic rings. The Morgan fingerprint density at radius 1 is 1.18 bits per heavy atom. The zero-order valence-electron chi connectivity index (χ0n) is 10.1. The zero-order chi connectivity index (χ0) is 12.1. The van der Waals surface area contributed by atoms with Crippen LogP contribution >= 0.6 is 0 Å². The molecule has 0 amide bonds. The second-order valence-corrected chi connectivity index (χ2v) is 4.89. The number of benzene rings is 1. The Morgan fingerprint density at radius 2 is 1.94 bits per heavy atom. The van der Waals surface area contributed by atoms with Crippen molar-refractivity contribution in [2.75, 3.05) is 0 Å². The molecule has 0 unspecified atom stereocenters. The fourth-order valence-electron chi connectivity index (χ4n) is 1.85. The Bertz CT molecular complexity index is 528. The van der Waals surface area contributed by atoms with Crippen molar-refractivity contribution < 1.29 is 15.9 Å². The first-order valence-electron chi connectivity index (χ1n) is 6.08. The molecule has 0 spiro atoms. The summed E-state index contributed by atoms with van der Waals surface area (Å²) in [6.07, 6.45) is 5.75. The third kappa shape index (κ3) is 3.19. The first-order chi connectivity index (χ1) is 8.31. The van der Waals surface area contributed by atoms with E-state index in [2.05, 4.69) is 64.3 Å². The molecule has 0 bridgehead atoms. The maximum atomic E-state index is 3.38. The summed E-state index contributed by atoms with van der Waals surface area (Å²) in [5.74, 6) is 0. The van der Waals surface area contributed by atoms with Crippen molar-refractivity contribution in [3.8, 4) is 11.3 Å². The molecule has 1 aromatic carbocycles. The van der Waals surface area contributed by atoms with E-state index in [1.807, 2.05) is 6.07 Å². The van der Waals surface area contributed by atoms with Gasteiger partial charge in [-0.1, -0.05) is 0 Å². The third-order valence-electron chi connectivity index (χ3n) is 2.88. The van der Waals surface area contributed by atoms with Crippen molar-refractivity contribution in [2.24, 2.45) is 0 Å². The van der Waals surface area contributed by atoms with E-state index in [1.54, 1.807) is 0 Å². The average Bonchev–Trinajstić information content (AvgIpc) is 2.38. The van der Waals surface area contributed by atoms with Crippen LogP contribution in [0.25, 0.3) is 11.3 Å². The summed E-state index contributed by atoms with van der Waals surface area (Å²) >= 11 is 3.17. The molecule has 0 aliphatic carbocycles. The number of rotatable bonds is 4. The van der Waals surface area contributed by atoms with Crippen LogP contribution in [-0.4, -0.2) is 4.98 Å². The second-order valence-electron chi connectivity index (χ2n) is 4.21. The van der Waals surface area contributed by atoms with Crippen LogP contribution < -0.4 is 0 Å². The minimum absolute atomic E-state index is 1.14. The minimum atomic E-state index is 1.14. The van der Waals surface area contributed by atoms with Crippen molar-refractivity contribution in [1.29, 1.82) is 0 Å². The molecule has 0 saturated carbocycles. The Hall–Kier alpha value is -1.10. The number of aromatic amines is 1. The van der Waals surface area contributed by atoms with Crippen LogP contribution in [0.5, 0.6) is 0 Å². The van der Waals surface area contributed by atoms with Gasteiger partial charge in [-0.25, -0.2) is 0 Å². The van der Waals surface area contributed by atoms with Gasteiger partial charge in [0.25, 0.3) is 0 Å². The molecule has 2 heteroatoms. The van der Waals surface area contributed by atoms with Crippen LogP contribution in [0.4, 0.5) is 0 Å². The first kappa shape index (κ1) is 12.4. The number of H-pyrrole nitrogens is 1. The SMILES string of the molecule is CCCCc1c[nH]c(-c2ccccc2)c[c]1=[Cr]. The normalized spacial score (nSPS) is 10.4. The summed E-state index contributed by atoms with van der Waals surface area (Å²) in [7, 11) is 0. The van der Waals surface area contributed by atoms with Crippen molar-refractivity contribution in [3.63, 3.8) is 0 Å². The van der Waals surface area contributed by atoms with Gasteiger partial charge in [0.2, 0.25) is 0 Å². The summed E-state index contributed by atoms with van der Waals surface area (Å²) in [6.45, 7) is 2.22. The van der Waals surface area contributed by atoms with Gasteiger partial charge < -0.3 is 0 Å². The number of nitrogens with one attached hydrogen (secondary N) is 1. The van der Waals surface area contributed by atoms with E-state index >= 15 is 0 Å². The second kappa shape index (κ2) is 6.00. The fourth-order valence-corrected chi connectivity index (χ4v) is 2.28. The van der Waals surface area contributed by atoms with Gasteiger partial charge in [0, 0.05) is 0 Å². The van der Waals surface area contributed by atoms with E-state index in [0.717, 1.165) is 6.42 Å². The van der Waals surface area contributed by atoms with Crippen LogP contribution in [0.3, 0.4) is 0 Å². The monoisotopic (exact) mass is 263 g/mol. The molecule has 0 saturated heterocycles. The molecule has 1 aromatic heterocycles. The Balaban J connectivity index is 2.28. The van der Waals surface area contributed by atoms with Crippen LogP contribution in [0.2, 0.25) is 0 Å². The molecule has 0 radical (unpaired) electrons. The Kier molecular flexibility index (Phi) is 4.37. The van der Waals surface area contributed by atoms with Crippen LogP contribution in [0, 0.1) is 4.03 Å². The molecule has 2 rings (SSSR count). The molecule has 1 heterocycles. The molecule has 0 fully saturated rings. The van der Waals surface area contributed by atoms with Crippen LogP contribution in [0.15, 0.2) is 42.6 Å². The van der Waals surface area contributed by atoms with Crippen molar-refractivity contribution >= 4 is 0 Å². The third-order valence-corrected chi connectivity index (χ3v) is 3.47. The fraction of sp³-hybridized carbons (Fsp3) is 0.267. The van der Waals surface area contributed by atoms with E-state index < -0.39 is 0 Å². The van der Waals surface area contributed by atoms with Gasteiger partial charge in [0.1, 0.15) is 0 Å². The molecule has 1 N–H and O–H groups in total. The standard InChI is InChI=1S/C15H17N.Cr/c1-2-3-7-13-10-11-15(16-12-13)14-8-5-4-6-9-14;/h4-6,8-9,11-12,16H,2-3,7H2,1H3;. The van der Waals surface area contributed by atoms with Gasteiger partial charge in [-0.3, -0.25) is 0 Å². The quantitative estimate of drug-likeness (QED) is 0.854. The number of aromatic nitrogens is 1. The molecule has 0 atom stereocenters. The number of unbranched alkanes of at least 4 members (excludes halogenated alkanes) is 1.